The summed E-state index contributed by atoms with van der Waals surface area (Å²) in [5.74, 6) is 1.18. The Morgan fingerprint density at radius 2 is 2.14 bits per heavy atom. The number of hydrogen-bond donors (Lipinski definition) is 3. The molecule has 116 valence electrons. The Labute approximate surface area is 130 Å². The molecule has 0 aliphatic carbocycles. The highest BCUT2D eigenvalue weighted by Crippen LogP contribution is 2.19. The lowest BCUT2D eigenvalue weighted by atomic mass is 10.1. The van der Waals surface area contributed by atoms with Crippen LogP contribution in [0.5, 0.6) is 5.75 Å². The molecule has 0 aromatic heterocycles. The van der Waals surface area contributed by atoms with E-state index in [0.29, 0.717) is 49.0 Å². The third-order valence-corrected chi connectivity index (χ3v) is 3.55. The van der Waals surface area contributed by atoms with Crippen LogP contribution in [0.3, 0.4) is 0 Å². The number of nitriles is 1. The van der Waals surface area contributed by atoms with Crippen LogP contribution >= 0.6 is 0 Å². The normalized spacial score (nSPS) is 16.0. The number of piperidine rings is 1. The molecule has 1 aliphatic rings. The number of likely N-dealkylation sites (tertiary alicyclic amines) is 1. The summed E-state index contributed by atoms with van der Waals surface area (Å²) in [6.45, 7) is 1.31. The van der Waals surface area contributed by atoms with Crippen LogP contribution in [-0.2, 0) is 0 Å². The zero-order valence-corrected chi connectivity index (χ0v) is 12.5. The molecule has 0 bridgehead atoms. The second-order valence-electron chi connectivity index (χ2n) is 5.07. The fraction of sp³-hybridized carbons (Fsp3) is 0.375. The number of benzene rings is 1. The van der Waals surface area contributed by atoms with Crippen molar-refractivity contribution in [2.75, 3.05) is 20.1 Å². The Hall–Kier alpha value is -2.52. The third-order valence-electron chi connectivity index (χ3n) is 3.55. The van der Waals surface area contributed by atoms with Crippen LogP contribution in [0, 0.1) is 16.7 Å². The Morgan fingerprint density at radius 3 is 2.77 bits per heavy atom. The van der Waals surface area contributed by atoms with Gasteiger partial charge in [0.15, 0.2) is 5.88 Å². The summed E-state index contributed by atoms with van der Waals surface area (Å²) >= 11 is 0. The number of aliphatic hydroxyl groups excluding tert-OH is 1. The zero-order chi connectivity index (χ0) is 15.9. The van der Waals surface area contributed by atoms with E-state index in [1.165, 1.54) is 0 Å². The lowest BCUT2D eigenvalue weighted by Gasteiger charge is -2.30. The monoisotopic (exact) mass is 300 g/mol. The van der Waals surface area contributed by atoms with Gasteiger partial charge in [0.1, 0.15) is 17.7 Å². The summed E-state index contributed by atoms with van der Waals surface area (Å²) < 4.78 is 5.68. The SMILES string of the molecule is CN/C(=C\C(=N)N1CCC(O)CC1)Oc1ccccc1C#N. The van der Waals surface area contributed by atoms with Crippen molar-refractivity contribution in [3.05, 3.63) is 41.8 Å². The number of nitrogens with one attached hydrogen (secondary N) is 2. The van der Waals surface area contributed by atoms with E-state index in [0.717, 1.165) is 0 Å². The standard InChI is InChI=1S/C16H20N4O2/c1-19-16(22-14-5-3-2-4-12(14)11-17)10-15(18)20-8-6-13(21)7-9-20/h2-5,10,13,18-19,21H,6-9H2,1H3/b16-10+,18-15?. The van der Waals surface area contributed by atoms with Crippen molar-refractivity contribution in [1.82, 2.24) is 10.2 Å². The highest BCUT2D eigenvalue weighted by atomic mass is 16.5. The van der Waals surface area contributed by atoms with E-state index in [1.54, 1.807) is 37.4 Å². The number of aliphatic hydroxyl groups is 1. The van der Waals surface area contributed by atoms with Gasteiger partial charge in [-0.15, -0.1) is 0 Å². The van der Waals surface area contributed by atoms with Crippen molar-refractivity contribution in [3.63, 3.8) is 0 Å². The van der Waals surface area contributed by atoms with Gasteiger partial charge in [-0.2, -0.15) is 5.26 Å². The Bertz CT molecular complexity index is 598. The van der Waals surface area contributed by atoms with E-state index < -0.39 is 0 Å². The molecular weight excluding hydrogens is 280 g/mol. The summed E-state index contributed by atoms with van der Waals surface area (Å²) in [7, 11) is 1.70. The summed E-state index contributed by atoms with van der Waals surface area (Å²) in [6.07, 6.45) is 2.66. The molecular formula is C16H20N4O2. The van der Waals surface area contributed by atoms with Gasteiger partial charge in [-0.05, 0) is 25.0 Å². The van der Waals surface area contributed by atoms with Crippen LogP contribution in [0.4, 0.5) is 0 Å². The van der Waals surface area contributed by atoms with Crippen LogP contribution in [0.2, 0.25) is 0 Å². The lowest BCUT2D eigenvalue weighted by molar-refractivity contribution is 0.109. The maximum absolute atomic E-state index is 9.51. The average molecular weight is 300 g/mol. The maximum Gasteiger partial charge on any atom is 0.196 e. The minimum Gasteiger partial charge on any atom is -0.440 e. The fourth-order valence-corrected chi connectivity index (χ4v) is 2.24. The van der Waals surface area contributed by atoms with Crippen molar-refractivity contribution in [1.29, 1.82) is 10.7 Å². The van der Waals surface area contributed by atoms with Crippen molar-refractivity contribution >= 4 is 5.84 Å². The van der Waals surface area contributed by atoms with E-state index in [4.69, 9.17) is 15.4 Å². The Morgan fingerprint density at radius 1 is 1.45 bits per heavy atom. The predicted octanol–water partition coefficient (Wildman–Crippen LogP) is 1.43. The summed E-state index contributed by atoms with van der Waals surface area (Å²) in [5.41, 5.74) is 0.441. The van der Waals surface area contributed by atoms with Gasteiger partial charge >= 0.3 is 0 Å². The summed E-state index contributed by atoms with van der Waals surface area (Å²) in [6, 6.07) is 9.03. The van der Waals surface area contributed by atoms with Crippen molar-refractivity contribution in [2.24, 2.45) is 0 Å². The molecule has 22 heavy (non-hydrogen) atoms. The topological polar surface area (TPSA) is 92.4 Å². The Balaban J connectivity index is 2.07. The number of amidine groups is 1. The van der Waals surface area contributed by atoms with Gasteiger partial charge in [0.25, 0.3) is 0 Å². The van der Waals surface area contributed by atoms with Crippen LogP contribution in [0.25, 0.3) is 0 Å². The van der Waals surface area contributed by atoms with E-state index in [9.17, 15) is 5.11 Å². The smallest absolute Gasteiger partial charge is 0.196 e. The molecule has 1 fully saturated rings. The van der Waals surface area contributed by atoms with Gasteiger partial charge in [0.05, 0.1) is 11.7 Å². The van der Waals surface area contributed by atoms with Crippen LogP contribution in [0.15, 0.2) is 36.2 Å². The molecule has 0 unspecified atom stereocenters. The van der Waals surface area contributed by atoms with E-state index in [2.05, 4.69) is 11.4 Å². The predicted molar refractivity (Wildman–Crippen MR) is 83.5 cm³/mol. The molecule has 3 N–H and O–H groups in total. The Kier molecular flexibility index (Phi) is 5.39. The number of hydrogen-bond acceptors (Lipinski definition) is 5. The van der Waals surface area contributed by atoms with Crippen LogP contribution in [0.1, 0.15) is 18.4 Å². The van der Waals surface area contributed by atoms with Gasteiger partial charge in [0, 0.05) is 26.2 Å². The fourth-order valence-electron chi connectivity index (χ4n) is 2.24. The van der Waals surface area contributed by atoms with E-state index in [1.807, 2.05) is 4.90 Å². The molecule has 0 saturated carbocycles. The molecule has 1 aromatic carbocycles. The molecule has 0 radical (unpaired) electrons. The number of para-hydroxylation sites is 1. The minimum absolute atomic E-state index is 0.268. The first-order valence-corrected chi connectivity index (χ1v) is 7.22. The average Bonchev–Trinajstić information content (AvgIpc) is 2.55. The molecule has 1 aromatic rings. The second kappa shape index (κ2) is 7.48. The van der Waals surface area contributed by atoms with Gasteiger partial charge in [0.2, 0.25) is 0 Å². The molecule has 6 heteroatoms. The molecule has 0 atom stereocenters. The third kappa shape index (κ3) is 3.99. The van der Waals surface area contributed by atoms with Crippen molar-refractivity contribution < 1.29 is 9.84 Å². The molecule has 0 amide bonds. The lowest BCUT2D eigenvalue weighted by Crippen LogP contribution is -2.39. The van der Waals surface area contributed by atoms with Gasteiger partial charge in [-0.3, -0.25) is 5.41 Å². The second-order valence-corrected chi connectivity index (χ2v) is 5.07. The molecule has 6 nitrogen and oxygen atoms in total. The largest absolute Gasteiger partial charge is 0.440 e. The molecule has 1 aliphatic heterocycles. The van der Waals surface area contributed by atoms with Crippen molar-refractivity contribution in [3.8, 4) is 11.8 Å². The van der Waals surface area contributed by atoms with Gasteiger partial charge < -0.3 is 20.1 Å². The first kappa shape index (κ1) is 15.9. The number of ether oxygens (including phenoxy) is 1. The molecule has 0 spiro atoms. The van der Waals surface area contributed by atoms with Gasteiger partial charge in [-0.1, -0.05) is 12.1 Å². The minimum atomic E-state index is -0.268. The van der Waals surface area contributed by atoms with E-state index >= 15 is 0 Å². The molecule has 2 rings (SSSR count). The van der Waals surface area contributed by atoms with Crippen molar-refractivity contribution in [2.45, 2.75) is 18.9 Å². The number of nitrogens with zero attached hydrogens (tertiary/aromatic N) is 2. The summed E-state index contributed by atoms with van der Waals surface area (Å²) in [4.78, 5) is 1.89. The first-order valence-electron chi connectivity index (χ1n) is 7.22. The molecule has 1 heterocycles. The van der Waals surface area contributed by atoms with Crippen LogP contribution < -0.4 is 10.1 Å². The molecule has 1 saturated heterocycles. The maximum atomic E-state index is 9.51. The summed E-state index contributed by atoms with van der Waals surface area (Å²) in [5, 5.41) is 29.6. The highest BCUT2D eigenvalue weighted by Gasteiger charge is 2.18. The zero-order valence-electron chi connectivity index (χ0n) is 12.5. The number of rotatable bonds is 4. The van der Waals surface area contributed by atoms with E-state index in [-0.39, 0.29) is 6.10 Å². The highest BCUT2D eigenvalue weighted by molar-refractivity contribution is 5.90. The van der Waals surface area contributed by atoms with Gasteiger partial charge in [-0.25, -0.2) is 0 Å². The first-order chi connectivity index (χ1) is 10.6. The quantitative estimate of drug-likeness (QED) is 0.444. The van der Waals surface area contributed by atoms with Crippen LogP contribution in [-0.4, -0.2) is 42.1 Å².